The first-order valence-corrected chi connectivity index (χ1v) is 6.66. The molecule has 0 bridgehead atoms. The molecule has 0 amide bonds. The molecule has 2 rings (SSSR count). The van der Waals surface area contributed by atoms with Crippen LogP contribution in [0.2, 0.25) is 0 Å². The van der Waals surface area contributed by atoms with E-state index in [9.17, 15) is 0 Å². The van der Waals surface area contributed by atoms with Crippen LogP contribution < -0.4 is 10.1 Å². The van der Waals surface area contributed by atoms with Gasteiger partial charge in [0.05, 0.1) is 19.3 Å². The molecular formula is C17H18N2O2. The first-order chi connectivity index (χ1) is 10.3. The Morgan fingerprint density at radius 2 is 1.95 bits per heavy atom. The maximum Gasteiger partial charge on any atom is 0.136 e. The summed E-state index contributed by atoms with van der Waals surface area (Å²) in [5.41, 5.74) is 3.71. The topological polar surface area (TPSA) is 54.3 Å². The molecule has 0 radical (unpaired) electrons. The number of hydrogen-bond donors (Lipinski definition) is 1. The number of nitriles is 1. The number of benzene rings is 2. The standard InChI is InChI=1S/C17H18N2O2/c1-20-12-14-5-3-4-6-16(14)19-11-13-7-8-17(21-2)15(9-13)10-18/h3-9,19H,11-12H2,1-2H3. The smallest absolute Gasteiger partial charge is 0.136 e. The van der Waals surface area contributed by atoms with Crippen LogP contribution in [0.4, 0.5) is 5.69 Å². The zero-order valence-corrected chi connectivity index (χ0v) is 12.2. The van der Waals surface area contributed by atoms with Crippen molar-refractivity contribution in [3.63, 3.8) is 0 Å². The van der Waals surface area contributed by atoms with Crippen molar-refractivity contribution in [3.8, 4) is 11.8 Å². The number of nitrogens with zero attached hydrogens (tertiary/aromatic N) is 1. The molecule has 2 aromatic rings. The third kappa shape index (κ3) is 3.74. The summed E-state index contributed by atoms with van der Waals surface area (Å²) in [7, 11) is 3.24. The van der Waals surface area contributed by atoms with Gasteiger partial charge in [0.2, 0.25) is 0 Å². The number of methoxy groups -OCH3 is 2. The Labute approximate surface area is 124 Å². The van der Waals surface area contributed by atoms with E-state index in [2.05, 4.69) is 11.4 Å². The summed E-state index contributed by atoms with van der Waals surface area (Å²) in [5.74, 6) is 0.598. The van der Waals surface area contributed by atoms with Crippen LogP contribution in [0.1, 0.15) is 16.7 Å². The molecule has 108 valence electrons. The first-order valence-electron chi connectivity index (χ1n) is 6.66. The summed E-state index contributed by atoms with van der Waals surface area (Å²) >= 11 is 0. The van der Waals surface area contributed by atoms with Crippen LogP contribution in [-0.2, 0) is 17.9 Å². The Morgan fingerprint density at radius 1 is 1.14 bits per heavy atom. The predicted octanol–water partition coefficient (Wildman–Crippen LogP) is 3.33. The van der Waals surface area contributed by atoms with Crippen molar-refractivity contribution in [2.45, 2.75) is 13.2 Å². The summed E-state index contributed by atoms with van der Waals surface area (Å²) in [4.78, 5) is 0. The molecule has 0 aliphatic rings. The monoisotopic (exact) mass is 282 g/mol. The van der Waals surface area contributed by atoms with Gasteiger partial charge in [-0.05, 0) is 23.8 Å². The van der Waals surface area contributed by atoms with Gasteiger partial charge in [0.1, 0.15) is 11.8 Å². The van der Waals surface area contributed by atoms with E-state index in [1.54, 1.807) is 14.2 Å². The highest BCUT2D eigenvalue weighted by atomic mass is 16.5. The van der Waals surface area contributed by atoms with E-state index in [1.165, 1.54) is 0 Å². The minimum atomic E-state index is 0.543. The number of nitrogens with one attached hydrogen (secondary N) is 1. The molecule has 21 heavy (non-hydrogen) atoms. The molecule has 0 fully saturated rings. The molecule has 0 heterocycles. The SMILES string of the molecule is COCc1ccccc1NCc1ccc(OC)c(C#N)c1. The van der Waals surface area contributed by atoms with Crippen molar-refractivity contribution in [1.29, 1.82) is 5.26 Å². The van der Waals surface area contributed by atoms with E-state index < -0.39 is 0 Å². The third-order valence-corrected chi connectivity index (χ3v) is 3.18. The number of rotatable bonds is 6. The fourth-order valence-electron chi connectivity index (χ4n) is 2.12. The average molecular weight is 282 g/mol. The lowest BCUT2D eigenvalue weighted by Crippen LogP contribution is -2.03. The number of anilines is 1. The largest absolute Gasteiger partial charge is 0.495 e. The van der Waals surface area contributed by atoms with Gasteiger partial charge in [-0.3, -0.25) is 0 Å². The van der Waals surface area contributed by atoms with Crippen molar-refractivity contribution < 1.29 is 9.47 Å². The summed E-state index contributed by atoms with van der Waals surface area (Å²) in [6.45, 7) is 1.20. The van der Waals surface area contributed by atoms with Gasteiger partial charge >= 0.3 is 0 Å². The van der Waals surface area contributed by atoms with Crippen molar-refractivity contribution in [2.75, 3.05) is 19.5 Å². The Morgan fingerprint density at radius 3 is 2.67 bits per heavy atom. The van der Waals surface area contributed by atoms with E-state index in [1.807, 2.05) is 42.5 Å². The fourth-order valence-corrected chi connectivity index (χ4v) is 2.12. The molecule has 0 unspecified atom stereocenters. The second-order valence-electron chi connectivity index (χ2n) is 4.59. The first kappa shape index (κ1) is 14.9. The maximum absolute atomic E-state index is 9.11. The third-order valence-electron chi connectivity index (χ3n) is 3.18. The normalized spacial score (nSPS) is 9.95. The zero-order chi connectivity index (χ0) is 15.1. The minimum absolute atomic E-state index is 0.543. The van der Waals surface area contributed by atoms with Crippen LogP contribution in [0.3, 0.4) is 0 Å². The van der Waals surface area contributed by atoms with E-state index in [0.717, 1.165) is 16.8 Å². The van der Waals surface area contributed by atoms with Crippen molar-refractivity contribution >= 4 is 5.69 Å². The molecule has 1 N–H and O–H groups in total. The molecule has 0 aromatic heterocycles. The maximum atomic E-state index is 9.11. The van der Waals surface area contributed by atoms with E-state index in [-0.39, 0.29) is 0 Å². The second kappa shape index (κ2) is 7.32. The van der Waals surface area contributed by atoms with Gasteiger partial charge in [0, 0.05) is 24.9 Å². The van der Waals surface area contributed by atoms with E-state index in [0.29, 0.717) is 24.5 Å². The van der Waals surface area contributed by atoms with Crippen molar-refractivity contribution in [3.05, 3.63) is 59.2 Å². The molecule has 0 saturated heterocycles. The van der Waals surface area contributed by atoms with Crippen LogP contribution in [0.25, 0.3) is 0 Å². The summed E-state index contributed by atoms with van der Waals surface area (Å²) in [6.07, 6.45) is 0. The van der Waals surface area contributed by atoms with Gasteiger partial charge in [0.25, 0.3) is 0 Å². The minimum Gasteiger partial charge on any atom is -0.495 e. The highest BCUT2D eigenvalue weighted by Gasteiger charge is 2.05. The summed E-state index contributed by atoms with van der Waals surface area (Å²) in [6, 6.07) is 15.8. The predicted molar refractivity (Wildman–Crippen MR) is 82.2 cm³/mol. The molecule has 0 atom stereocenters. The molecular weight excluding hydrogens is 264 g/mol. The lowest BCUT2D eigenvalue weighted by atomic mass is 10.1. The Hall–Kier alpha value is -2.51. The van der Waals surface area contributed by atoms with Crippen LogP contribution in [0.5, 0.6) is 5.75 Å². The van der Waals surface area contributed by atoms with Gasteiger partial charge in [-0.1, -0.05) is 24.3 Å². The van der Waals surface area contributed by atoms with Crippen molar-refractivity contribution in [1.82, 2.24) is 0 Å². The quantitative estimate of drug-likeness (QED) is 0.883. The van der Waals surface area contributed by atoms with Crippen LogP contribution in [0, 0.1) is 11.3 Å². The van der Waals surface area contributed by atoms with Crippen LogP contribution in [-0.4, -0.2) is 14.2 Å². The number of hydrogen-bond acceptors (Lipinski definition) is 4. The Kier molecular flexibility index (Phi) is 5.19. The van der Waals surface area contributed by atoms with Gasteiger partial charge < -0.3 is 14.8 Å². The highest BCUT2D eigenvalue weighted by molar-refractivity contribution is 5.52. The van der Waals surface area contributed by atoms with Gasteiger partial charge in [0.15, 0.2) is 0 Å². The van der Waals surface area contributed by atoms with E-state index in [4.69, 9.17) is 14.7 Å². The highest BCUT2D eigenvalue weighted by Crippen LogP contribution is 2.21. The molecule has 4 heteroatoms. The summed E-state index contributed by atoms with van der Waals surface area (Å²) < 4.78 is 10.3. The molecule has 0 saturated carbocycles. The average Bonchev–Trinajstić information content (AvgIpc) is 2.54. The van der Waals surface area contributed by atoms with Crippen LogP contribution >= 0.6 is 0 Å². The fraction of sp³-hybridized carbons (Fsp3) is 0.235. The van der Waals surface area contributed by atoms with Crippen LogP contribution in [0.15, 0.2) is 42.5 Å². The molecule has 0 spiro atoms. The Bertz CT molecular complexity index is 647. The Balaban J connectivity index is 2.12. The number of para-hydroxylation sites is 1. The number of ether oxygens (including phenoxy) is 2. The lowest BCUT2D eigenvalue weighted by molar-refractivity contribution is 0.185. The molecule has 0 aliphatic carbocycles. The van der Waals surface area contributed by atoms with Crippen molar-refractivity contribution in [2.24, 2.45) is 0 Å². The van der Waals surface area contributed by atoms with Gasteiger partial charge in [-0.15, -0.1) is 0 Å². The molecule has 2 aromatic carbocycles. The van der Waals surface area contributed by atoms with Gasteiger partial charge in [-0.25, -0.2) is 0 Å². The molecule has 0 aliphatic heterocycles. The lowest BCUT2D eigenvalue weighted by Gasteiger charge is -2.12. The second-order valence-corrected chi connectivity index (χ2v) is 4.59. The van der Waals surface area contributed by atoms with Gasteiger partial charge in [-0.2, -0.15) is 5.26 Å². The molecule has 4 nitrogen and oxygen atoms in total. The zero-order valence-electron chi connectivity index (χ0n) is 12.2. The van der Waals surface area contributed by atoms with E-state index >= 15 is 0 Å². The summed E-state index contributed by atoms with van der Waals surface area (Å²) in [5, 5.41) is 12.5.